The van der Waals surface area contributed by atoms with E-state index < -0.39 is 54.2 Å². The van der Waals surface area contributed by atoms with Gasteiger partial charge in [0, 0.05) is 12.6 Å². The number of hydrogen-bond acceptors (Lipinski definition) is 12. The molecule has 2 heterocycles. The van der Waals surface area contributed by atoms with Gasteiger partial charge in [0.1, 0.15) is 24.3 Å². The first-order chi connectivity index (χ1) is 13.2. The largest absolute Gasteiger partial charge is 0.490 e. The maximum atomic E-state index is 11.9. The summed E-state index contributed by atoms with van der Waals surface area (Å²) >= 11 is 0. The molecule has 5 atom stereocenters. The first kappa shape index (κ1) is 24.2. The molecule has 5 unspecified atom stereocenters. The van der Waals surface area contributed by atoms with E-state index >= 15 is 0 Å². The summed E-state index contributed by atoms with van der Waals surface area (Å²) in [6.45, 7) is -0.792. The van der Waals surface area contributed by atoms with Crippen molar-refractivity contribution in [2.24, 2.45) is 5.90 Å². The number of hydrogen-bond donors (Lipinski definition) is 6. The van der Waals surface area contributed by atoms with Crippen molar-refractivity contribution in [3.8, 4) is 0 Å². The molecule has 0 aromatic carbocycles. The van der Waals surface area contributed by atoms with E-state index in [2.05, 4.69) is 23.0 Å². The molecule has 1 aromatic heterocycles. The van der Waals surface area contributed by atoms with Gasteiger partial charge in [0.05, 0.1) is 6.61 Å². The Morgan fingerprint density at radius 3 is 2.41 bits per heavy atom. The second kappa shape index (κ2) is 8.99. The van der Waals surface area contributed by atoms with E-state index in [-0.39, 0.29) is 12.2 Å². The Kier molecular flexibility index (Phi) is 7.52. The molecule has 0 saturated carbocycles. The van der Waals surface area contributed by atoms with Gasteiger partial charge in [-0.3, -0.25) is 13.9 Å². The maximum Gasteiger partial charge on any atom is 0.490 e. The number of nitrogens with zero attached hydrogens (tertiary/aromatic N) is 2. The van der Waals surface area contributed by atoms with Crippen LogP contribution >= 0.6 is 23.5 Å². The fourth-order valence-electron chi connectivity index (χ4n) is 2.28. The molecule has 1 aromatic rings. The highest BCUT2D eigenvalue weighted by Gasteiger charge is 2.43. The second-order valence-corrected chi connectivity index (χ2v) is 9.89. The lowest BCUT2D eigenvalue weighted by Crippen LogP contribution is -2.31. The first-order valence-electron chi connectivity index (χ1n) is 7.35. The zero-order chi connectivity index (χ0) is 22.0. The molecule has 0 spiro atoms. The van der Waals surface area contributed by atoms with Crippen LogP contribution in [-0.4, -0.2) is 47.9 Å². The molecule has 0 bridgehead atoms. The van der Waals surface area contributed by atoms with Crippen molar-refractivity contribution >= 4 is 29.3 Å². The molecule has 20 heteroatoms. The molecule has 0 aliphatic carbocycles. The molecule has 2 rings (SSSR count). The lowest BCUT2D eigenvalue weighted by atomic mass is 10.2. The van der Waals surface area contributed by atoms with Gasteiger partial charge in [-0.15, -0.1) is 0 Å². The number of anilines is 1. The Morgan fingerprint density at radius 2 is 1.86 bits per heavy atom. The fourth-order valence-corrected chi connectivity index (χ4v) is 5.31. The number of nitrogens with two attached hydrogens (primary N) is 2. The van der Waals surface area contributed by atoms with Crippen LogP contribution in [0.4, 0.5) is 5.82 Å². The molecular formula is C9H17N4O13P3. The van der Waals surface area contributed by atoms with E-state index in [0.717, 1.165) is 4.57 Å². The van der Waals surface area contributed by atoms with E-state index in [0.29, 0.717) is 0 Å². The number of nitrogen functional groups attached to an aromatic ring is 1. The summed E-state index contributed by atoms with van der Waals surface area (Å²) in [6, 6.07) is 1.32. The van der Waals surface area contributed by atoms with Crippen LogP contribution in [0.1, 0.15) is 12.6 Å². The quantitative estimate of drug-likeness (QED) is 0.177. The Bertz CT molecular complexity index is 932. The Labute approximate surface area is 161 Å². The van der Waals surface area contributed by atoms with Crippen LogP contribution in [0.5, 0.6) is 0 Å². The van der Waals surface area contributed by atoms with Crippen LogP contribution < -0.4 is 17.3 Å². The van der Waals surface area contributed by atoms with Crippen LogP contribution in [0.2, 0.25) is 0 Å². The van der Waals surface area contributed by atoms with Gasteiger partial charge in [-0.1, -0.05) is 0 Å². The lowest BCUT2D eigenvalue weighted by molar-refractivity contribution is -0.0618. The summed E-state index contributed by atoms with van der Waals surface area (Å²) in [4.78, 5) is 55.5. The molecule has 0 amide bonds. The van der Waals surface area contributed by atoms with Crippen molar-refractivity contribution in [2.45, 2.75) is 24.9 Å². The van der Waals surface area contributed by atoms with Gasteiger partial charge in [0.2, 0.25) is 0 Å². The van der Waals surface area contributed by atoms with Crippen LogP contribution in [0.15, 0.2) is 17.1 Å². The first-order valence-corrected chi connectivity index (χ1v) is 11.9. The summed E-state index contributed by atoms with van der Waals surface area (Å²) in [5.74, 6) is 5.10. The van der Waals surface area contributed by atoms with Gasteiger partial charge < -0.3 is 30.0 Å². The highest BCUT2D eigenvalue weighted by atomic mass is 31.3. The molecule has 1 fully saturated rings. The number of rotatable bonds is 9. The number of ether oxygens (including phenoxy) is 1. The molecule has 17 nitrogen and oxygen atoms in total. The minimum absolute atomic E-state index is 0.00751. The molecular weight excluding hydrogens is 465 g/mol. The van der Waals surface area contributed by atoms with Crippen molar-refractivity contribution in [1.82, 2.24) is 9.55 Å². The third kappa shape index (κ3) is 7.31. The minimum Gasteiger partial charge on any atom is -0.383 e. The SMILES string of the molecule is NOC1CC(n2ccc(N)nc2=O)OC1COP(=O)(O)OP(=O)(O)OP(=O)(O)O. The van der Waals surface area contributed by atoms with Gasteiger partial charge in [-0.25, -0.2) is 24.4 Å². The smallest absolute Gasteiger partial charge is 0.383 e. The number of phosphoric ester groups is 1. The zero-order valence-electron chi connectivity index (χ0n) is 14.2. The molecule has 0 radical (unpaired) electrons. The van der Waals surface area contributed by atoms with Crippen molar-refractivity contribution < 1.29 is 56.0 Å². The van der Waals surface area contributed by atoms with E-state index in [4.69, 9.17) is 31.0 Å². The summed E-state index contributed by atoms with van der Waals surface area (Å²) in [7, 11) is -16.5. The number of aromatic nitrogens is 2. The van der Waals surface area contributed by atoms with Crippen LogP contribution in [-0.2, 0) is 36.4 Å². The normalized spacial score (nSPS) is 26.7. The predicted molar refractivity (Wildman–Crippen MR) is 90.3 cm³/mol. The van der Waals surface area contributed by atoms with Crippen LogP contribution in [0.25, 0.3) is 0 Å². The summed E-state index contributed by atoms with van der Waals surface area (Å²) in [6.07, 6.45) is -1.78. The van der Waals surface area contributed by atoms with Gasteiger partial charge in [0.25, 0.3) is 0 Å². The Morgan fingerprint density at radius 1 is 1.21 bits per heavy atom. The predicted octanol–water partition coefficient (Wildman–Crippen LogP) is -1.28. The van der Waals surface area contributed by atoms with E-state index in [1.807, 2.05) is 0 Å². The standard InChI is InChI=1S/C9H17N4O13P3/c10-7-1-2-13(9(14)12-7)8-3-5(24-11)6(23-8)4-22-28(18,19)26-29(20,21)25-27(15,16)17/h1-2,5-6,8H,3-4,11H2,(H,18,19)(H,20,21)(H2,10,12,14)(H2,15,16,17). The van der Waals surface area contributed by atoms with Crippen molar-refractivity contribution in [2.75, 3.05) is 12.3 Å². The molecule has 1 aliphatic rings. The van der Waals surface area contributed by atoms with E-state index in [9.17, 15) is 23.4 Å². The summed E-state index contributed by atoms with van der Waals surface area (Å²) < 4.78 is 51.8. The third-order valence-electron chi connectivity index (χ3n) is 3.33. The van der Waals surface area contributed by atoms with Crippen molar-refractivity contribution in [3.05, 3.63) is 22.7 Å². The Hall–Kier alpha value is -1.03. The van der Waals surface area contributed by atoms with Gasteiger partial charge in [-0.05, 0) is 6.07 Å². The van der Waals surface area contributed by atoms with Crippen molar-refractivity contribution in [1.29, 1.82) is 0 Å². The van der Waals surface area contributed by atoms with Crippen LogP contribution in [0.3, 0.4) is 0 Å². The van der Waals surface area contributed by atoms with Crippen LogP contribution in [0, 0.1) is 0 Å². The van der Waals surface area contributed by atoms with Gasteiger partial charge >= 0.3 is 29.2 Å². The molecule has 1 aliphatic heterocycles. The Balaban J connectivity index is 2.03. The van der Waals surface area contributed by atoms with Gasteiger partial charge in [0.15, 0.2) is 0 Å². The summed E-state index contributed by atoms with van der Waals surface area (Å²) in [5, 5.41) is 0. The summed E-state index contributed by atoms with van der Waals surface area (Å²) in [5.41, 5.74) is 4.64. The average molecular weight is 482 g/mol. The number of phosphoric acid groups is 3. The van der Waals surface area contributed by atoms with E-state index in [1.165, 1.54) is 12.3 Å². The topological polar surface area (TPSA) is 265 Å². The monoisotopic (exact) mass is 482 g/mol. The maximum absolute atomic E-state index is 11.9. The zero-order valence-corrected chi connectivity index (χ0v) is 16.8. The van der Waals surface area contributed by atoms with Gasteiger partial charge in [-0.2, -0.15) is 13.6 Å². The minimum atomic E-state index is -5.65. The third-order valence-corrected chi connectivity index (χ3v) is 7.14. The molecule has 8 N–H and O–H groups in total. The lowest BCUT2D eigenvalue weighted by Gasteiger charge is -2.20. The second-order valence-electron chi connectivity index (χ2n) is 5.47. The van der Waals surface area contributed by atoms with E-state index in [1.54, 1.807) is 0 Å². The average Bonchev–Trinajstić information content (AvgIpc) is 2.92. The molecule has 166 valence electrons. The van der Waals surface area contributed by atoms with Crippen molar-refractivity contribution in [3.63, 3.8) is 0 Å². The highest BCUT2D eigenvalue weighted by molar-refractivity contribution is 7.66. The molecule has 29 heavy (non-hydrogen) atoms. The molecule has 1 saturated heterocycles. The fraction of sp³-hybridized carbons (Fsp3) is 0.556. The highest BCUT2D eigenvalue weighted by Crippen LogP contribution is 2.66.